The van der Waals surface area contributed by atoms with E-state index in [-0.39, 0.29) is 0 Å². The molecule has 0 aliphatic heterocycles. The van der Waals surface area contributed by atoms with E-state index in [1.807, 2.05) is 24.5 Å². The summed E-state index contributed by atoms with van der Waals surface area (Å²) in [5, 5.41) is 0. The highest BCUT2D eigenvalue weighted by Crippen LogP contribution is 2.26. The molecule has 2 N–H and O–H groups in total. The van der Waals surface area contributed by atoms with E-state index in [4.69, 9.17) is 10.5 Å². The van der Waals surface area contributed by atoms with E-state index in [1.165, 1.54) is 23.2 Å². The van der Waals surface area contributed by atoms with Crippen molar-refractivity contribution in [2.24, 2.45) is 5.73 Å². The van der Waals surface area contributed by atoms with Crippen LogP contribution in [0.2, 0.25) is 0 Å². The Morgan fingerprint density at radius 3 is 2.86 bits per heavy atom. The van der Waals surface area contributed by atoms with Gasteiger partial charge in [-0.1, -0.05) is 0 Å². The van der Waals surface area contributed by atoms with Crippen LogP contribution >= 0.6 is 0 Å². The highest BCUT2D eigenvalue weighted by molar-refractivity contribution is 5.36. The van der Waals surface area contributed by atoms with Crippen molar-refractivity contribution in [1.29, 1.82) is 0 Å². The average molecular weight is 283 g/mol. The maximum Gasteiger partial charge on any atom is 0.218 e. The Morgan fingerprint density at radius 2 is 2.05 bits per heavy atom. The Kier molecular flexibility index (Phi) is 4.46. The van der Waals surface area contributed by atoms with Gasteiger partial charge in [0.1, 0.15) is 0 Å². The van der Waals surface area contributed by atoms with Crippen LogP contribution in [0.4, 0.5) is 0 Å². The number of aryl methyl sites for hydroxylation is 3. The number of ether oxygens (including phenoxy) is 1. The predicted molar refractivity (Wildman–Crippen MR) is 82.2 cm³/mol. The molecule has 0 radical (unpaired) electrons. The van der Waals surface area contributed by atoms with E-state index >= 15 is 0 Å². The number of nitrogens with two attached hydrogens (primary N) is 1. The van der Waals surface area contributed by atoms with Gasteiger partial charge in [-0.25, -0.2) is 4.98 Å². The lowest BCUT2D eigenvalue weighted by Crippen LogP contribution is -2.08. The number of aromatic nitrogens is 2. The fraction of sp³-hybridized carbons (Fsp3) is 0.412. The van der Waals surface area contributed by atoms with Gasteiger partial charge in [-0.3, -0.25) is 4.98 Å². The van der Waals surface area contributed by atoms with Crippen LogP contribution < -0.4 is 10.5 Å². The molecule has 0 unspecified atom stereocenters. The normalized spacial score (nSPS) is 13.2. The zero-order valence-electron chi connectivity index (χ0n) is 12.2. The van der Waals surface area contributed by atoms with Crippen LogP contribution in [0.5, 0.6) is 5.88 Å². The summed E-state index contributed by atoms with van der Waals surface area (Å²) in [7, 11) is 0. The molecule has 0 saturated heterocycles. The lowest BCUT2D eigenvalue weighted by molar-refractivity contribution is 0.295. The minimum absolute atomic E-state index is 0.486. The van der Waals surface area contributed by atoms with Gasteiger partial charge < -0.3 is 10.5 Å². The van der Waals surface area contributed by atoms with E-state index in [9.17, 15) is 0 Å². The first-order chi connectivity index (χ1) is 10.4. The molecule has 0 spiro atoms. The number of fused-ring (bicyclic) bond motifs is 1. The average Bonchev–Trinajstić information content (AvgIpc) is 2.99. The lowest BCUT2D eigenvalue weighted by atomic mass is 10.1. The van der Waals surface area contributed by atoms with E-state index in [2.05, 4.69) is 16.0 Å². The summed E-state index contributed by atoms with van der Waals surface area (Å²) in [5.74, 6) is 0.730. The molecular formula is C17H21N3O. The number of pyridine rings is 2. The van der Waals surface area contributed by atoms with Crippen LogP contribution in [-0.4, -0.2) is 16.6 Å². The summed E-state index contributed by atoms with van der Waals surface area (Å²) in [6.07, 6.45) is 8.98. The highest BCUT2D eigenvalue weighted by Gasteiger charge is 2.16. The van der Waals surface area contributed by atoms with Gasteiger partial charge in [-0.05, 0) is 61.4 Å². The number of rotatable bonds is 6. The Morgan fingerprint density at radius 1 is 1.19 bits per heavy atom. The molecule has 0 atom stereocenters. The van der Waals surface area contributed by atoms with Crippen LogP contribution in [0.25, 0.3) is 0 Å². The summed E-state index contributed by atoms with van der Waals surface area (Å²) >= 11 is 0. The van der Waals surface area contributed by atoms with Gasteiger partial charge >= 0.3 is 0 Å². The first-order valence-electron chi connectivity index (χ1n) is 7.60. The fourth-order valence-electron chi connectivity index (χ4n) is 2.77. The number of hydrogen-bond acceptors (Lipinski definition) is 4. The summed E-state index contributed by atoms with van der Waals surface area (Å²) in [4.78, 5) is 8.68. The molecule has 0 amide bonds. The van der Waals surface area contributed by atoms with Crippen LogP contribution in [0.3, 0.4) is 0 Å². The molecule has 4 nitrogen and oxygen atoms in total. The molecule has 0 aromatic carbocycles. The van der Waals surface area contributed by atoms with Gasteiger partial charge in [0, 0.05) is 30.2 Å². The minimum Gasteiger partial charge on any atom is -0.477 e. The third-order valence-electron chi connectivity index (χ3n) is 3.91. The second kappa shape index (κ2) is 6.68. The van der Waals surface area contributed by atoms with E-state index in [1.54, 1.807) is 0 Å². The Labute approximate surface area is 125 Å². The van der Waals surface area contributed by atoms with Gasteiger partial charge in [0.25, 0.3) is 0 Å². The molecule has 0 saturated carbocycles. The zero-order valence-corrected chi connectivity index (χ0v) is 12.2. The summed E-state index contributed by atoms with van der Waals surface area (Å²) in [6.45, 7) is 1.15. The van der Waals surface area contributed by atoms with Crippen LogP contribution in [0, 0.1) is 0 Å². The van der Waals surface area contributed by atoms with Gasteiger partial charge in [0.2, 0.25) is 5.88 Å². The van der Waals surface area contributed by atoms with Crippen LogP contribution in [0.1, 0.15) is 35.2 Å². The number of hydrogen-bond donors (Lipinski definition) is 1. The maximum absolute atomic E-state index is 5.87. The number of nitrogens with zero attached hydrogens (tertiary/aromatic N) is 2. The van der Waals surface area contributed by atoms with Gasteiger partial charge in [-0.2, -0.15) is 0 Å². The lowest BCUT2D eigenvalue weighted by Gasteiger charge is -2.11. The SMILES string of the molecule is NCc1cc2c(nc1OCCCc1ccncc1)CCC2. The second-order valence-electron chi connectivity index (χ2n) is 5.42. The van der Waals surface area contributed by atoms with Crippen molar-refractivity contribution < 1.29 is 4.74 Å². The Bertz CT molecular complexity index is 598. The van der Waals surface area contributed by atoms with Crippen molar-refractivity contribution in [3.63, 3.8) is 0 Å². The van der Waals surface area contributed by atoms with Gasteiger partial charge in [-0.15, -0.1) is 0 Å². The van der Waals surface area contributed by atoms with Crippen molar-refractivity contribution in [2.45, 2.75) is 38.6 Å². The van der Waals surface area contributed by atoms with E-state index < -0.39 is 0 Å². The summed E-state index contributed by atoms with van der Waals surface area (Å²) in [5.41, 5.74) is 10.7. The quantitative estimate of drug-likeness (QED) is 0.827. The van der Waals surface area contributed by atoms with Crippen molar-refractivity contribution in [1.82, 2.24) is 9.97 Å². The van der Waals surface area contributed by atoms with Gasteiger partial charge in [0.15, 0.2) is 0 Å². The zero-order chi connectivity index (χ0) is 14.5. The van der Waals surface area contributed by atoms with Crippen molar-refractivity contribution in [3.05, 3.63) is 53.0 Å². The van der Waals surface area contributed by atoms with Gasteiger partial charge in [0.05, 0.1) is 6.61 Å². The molecule has 21 heavy (non-hydrogen) atoms. The molecule has 1 aliphatic rings. The maximum atomic E-state index is 5.87. The minimum atomic E-state index is 0.486. The first-order valence-corrected chi connectivity index (χ1v) is 7.60. The Hall–Kier alpha value is -1.94. The molecular weight excluding hydrogens is 262 g/mol. The fourth-order valence-corrected chi connectivity index (χ4v) is 2.77. The molecule has 2 aromatic rings. The summed E-state index contributed by atoms with van der Waals surface area (Å²) < 4.78 is 5.87. The molecule has 4 heteroatoms. The van der Waals surface area contributed by atoms with Crippen LogP contribution in [-0.2, 0) is 25.8 Å². The van der Waals surface area contributed by atoms with E-state index in [0.717, 1.165) is 37.1 Å². The molecule has 0 bridgehead atoms. The monoisotopic (exact) mass is 283 g/mol. The third kappa shape index (κ3) is 3.39. The van der Waals surface area contributed by atoms with E-state index in [0.29, 0.717) is 13.2 Å². The van der Waals surface area contributed by atoms with Crippen LogP contribution in [0.15, 0.2) is 30.6 Å². The molecule has 110 valence electrons. The molecule has 2 aromatic heterocycles. The molecule has 2 heterocycles. The second-order valence-corrected chi connectivity index (χ2v) is 5.42. The van der Waals surface area contributed by atoms with Crippen molar-refractivity contribution in [2.75, 3.05) is 6.61 Å². The Balaban J connectivity index is 1.57. The third-order valence-corrected chi connectivity index (χ3v) is 3.91. The highest BCUT2D eigenvalue weighted by atomic mass is 16.5. The molecule has 1 aliphatic carbocycles. The molecule has 0 fully saturated rings. The topological polar surface area (TPSA) is 61.0 Å². The molecule has 3 rings (SSSR count). The van der Waals surface area contributed by atoms with Crippen molar-refractivity contribution >= 4 is 0 Å². The first kappa shape index (κ1) is 14.0. The smallest absolute Gasteiger partial charge is 0.218 e. The predicted octanol–water partition coefficient (Wildman–Crippen LogP) is 2.44. The largest absolute Gasteiger partial charge is 0.477 e. The summed E-state index contributed by atoms with van der Waals surface area (Å²) in [6, 6.07) is 6.26. The standard InChI is InChI=1S/C17H21N3O/c18-12-15-11-14-4-1-5-16(14)20-17(15)21-10-2-3-13-6-8-19-9-7-13/h6-9,11H,1-5,10,12,18H2. The van der Waals surface area contributed by atoms with Crippen molar-refractivity contribution in [3.8, 4) is 5.88 Å².